The number of fused-ring (bicyclic) bond motifs is 10. The van der Waals surface area contributed by atoms with Crippen LogP contribution in [0.5, 0.6) is 23.0 Å². The van der Waals surface area contributed by atoms with Gasteiger partial charge in [-0.15, -0.1) is 0 Å². The van der Waals surface area contributed by atoms with E-state index in [0.717, 1.165) is 99.8 Å². The number of rotatable bonds is 10. The molecule has 0 radical (unpaired) electrons. The summed E-state index contributed by atoms with van der Waals surface area (Å²) in [4.78, 5) is 27.1. The van der Waals surface area contributed by atoms with Crippen LogP contribution in [0.4, 0.5) is 0 Å². The van der Waals surface area contributed by atoms with Crippen molar-refractivity contribution in [1.29, 1.82) is 0 Å². The molecule has 4 aromatic rings. The number of quaternary nitrogens is 2. The van der Waals surface area contributed by atoms with E-state index in [1.807, 2.05) is 24.3 Å². The summed E-state index contributed by atoms with van der Waals surface area (Å²) in [6.45, 7) is 7.97. The maximum atomic E-state index is 13.5. The molecule has 4 bridgehead atoms. The monoisotopic (exact) mass is 978 g/mol. The van der Waals surface area contributed by atoms with E-state index in [-0.39, 0.29) is 59.4 Å². The van der Waals surface area contributed by atoms with Gasteiger partial charge in [-0.1, -0.05) is 72.8 Å². The standard InChI is InChI=1S/2C24H28NO5.2BrH/c2*26-15-5-12-25-13-10-17(11-14-25)22(16-25)30-23(27)24(28)18-6-1-3-8-20(18)29-21-9-4-2-7-19(21)24;;/h2*1-4,6-9,17,22,26,28H,5,10-16H2;2*1H/q2*+1;;/p-2/t2*17?,22-,25?;;/m00../s1. The van der Waals surface area contributed by atoms with Crippen molar-refractivity contribution in [2.45, 2.75) is 61.9 Å². The van der Waals surface area contributed by atoms with Gasteiger partial charge in [0.2, 0.25) is 11.2 Å². The molecule has 8 aliphatic rings. The van der Waals surface area contributed by atoms with Gasteiger partial charge in [-0.25, -0.2) is 9.59 Å². The van der Waals surface area contributed by atoms with Crippen molar-refractivity contribution in [3.05, 3.63) is 119 Å². The van der Waals surface area contributed by atoms with Crippen LogP contribution in [-0.4, -0.2) is 119 Å². The number of para-hydroxylation sites is 4. The average molecular weight is 981 g/mol. The van der Waals surface area contributed by atoms with E-state index in [4.69, 9.17) is 18.9 Å². The Hall–Kier alpha value is -3.86. The van der Waals surface area contributed by atoms with Gasteiger partial charge in [0.05, 0.1) is 39.3 Å². The highest BCUT2D eigenvalue weighted by Crippen LogP contribution is 2.50. The minimum Gasteiger partial charge on any atom is -1.00 e. The number of aliphatic hydroxyl groups is 4. The van der Waals surface area contributed by atoms with Gasteiger partial charge in [0.25, 0.3) is 0 Å². The topological polar surface area (TPSA) is 152 Å². The number of piperidine rings is 6. The number of benzene rings is 4. The van der Waals surface area contributed by atoms with Crippen LogP contribution in [-0.2, 0) is 30.3 Å². The van der Waals surface area contributed by atoms with Crippen LogP contribution in [0.25, 0.3) is 0 Å². The van der Waals surface area contributed by atoms with Crippen molar-refractivity contribution < 1.29 is 91.9 Å². The van der Waals surface area contributed by atoms with E-state index in [2.05, 4.69) is 0 Å². The predicted octanol–water partition coefficient (Wildman–Crippen LogP) is -0.866. The number of carbonyl (C=O) groups is 2. The molecule has 0 spiro atoms. The summed E-state index contributed by atoms with van der Waals surface area (Å²) in [7, 11) is 0. The van der Waals surface area contributed by atoms with E-state index in [1.165, 1.54) is 0 Å². The highest BCUT2D eigenvalue weighted by molar-refractivity contribution is 5.89. The Morgan fingerprint density at radius 2 is 0.823 bits per heavy atom. The first kappa shape index (κ1) is 46.1. The Balaban J connectivity index is 0.000000181. The molecule has 14 heteroatoms. The fraction of sp³-hybridized carbons (Fsp3) is 0.458. The van der Waals surface area contributed by atoms with Crippen LogP contribution in [0.2, 0.25) is 0 Å². The lowest BCUT2D eigenvalue weighted by Gasteiger charge is -2.52. The van der Waals surface area contributed by atoms with E-state index in [0.29, 0.717) is 57.1 Å². The molecular weight excluding hydrogens is 924 g/mol. The Morgan fingerprint density at radius 3 is 1.11 bits per heavy atom. The predicted molar refractivity (Wildman–Crippen MR) is 220 cm³/mol. The summed E-state index contributed by atoms with van der Waals surface area (Å²) in [6.07, 6.45) is 5.13. The summed E-state index contributed by atoms with van der Waals surface area (Å²) in [5, 5.41) is 42.1. The summed E-state index contributed by atoms with van der Waals surface area (Å²) in [6, 6.07) is 28.3. The normalized spacial score (nSPS) is 27.3. The van der Waals surface area contributed by atoms with Crippen molar-refractivity contribution in [2.75, 3.05) is 65.6 Å². The summed E-state index contributed by atoms with van der Waals surface area (Å²) < 4.78 is 25.8. The molecule has 6 saturated heterocycles. The average Bonchev–Trinajstić information content (AvgIpc) is 3.29. The molecule has 6 fully saturated rings. The maximum Gasteiger partial charge on any atom is 0.348 e. The molecule has 4 N–H and O–H groups in total. The van der Waals surface area contributed by atoms with Gasteiger partial charge in [0, 0.05) is 85.8 Å². The molecule has 8 aliphatic heterocycles. The number of hydrogen-bond donors (Lipinski definition) is 4. The number of hydrogen-bond acceptors (Lipinski definition) is 10. The third kappa shape index (κ3) is 8.22. The molecule has 12 rings (SSSR count). The SMILES string of the molecule is O=C(O[C@H]1C[N+]2(CCCO)CCC1CC2)C1(O)c2ccccc2Oc2ccccc21.O=C(O[C@H]1C[N+]2(CCCO)CCC1CC2)C1(O)c2ccccc2Oc2ccccc21.[Br-].[Br-]. The first-order valence-corrected chi connectivity index (χ1v) is 21.6. The summed E-state index contributed by atoms with van der Waals surface area (Å²) in [5.74, 6) is 1.27. The van der Waals surface area contributed by atoms with Crippen LogP contribution in [0, 0.1) is 11.8 Å². The van der Waals surface area contributed by atoms with Gasteiger partial charge >= 0.3 is 11.9 Å². The Morgan fingerprint density at radius 1 is 0.532 bits per heavy atom. The molecule has 332 valence electrons. The minimum atomic E-state index is -1.90. The van der Waals surface area contributed by atoms with Crippen LogP contribution < -0.4 is 43.4 Å². The molecule has 0 amide bonds. The molecule has 0 aromatic heterocycles. The van der Waals surface area contributed by atoms with Crippen molar-refractivity contribution in [3.63, 3.8) is 0 Å². The summed E-state index contributed by atoms with van der Waals surface area (Å²) in [5.41, 5.74) is -2.13. The van der Waals surface area contributed by atoms with E-state index >= 15 is 0 Å². The first-order chi connectivity index (χ1) is 29.1. The van der Waals surface area contributed by atoms with Gasteiger partial charge in [-0.2, -0.15) is 0 Å². The second-order valence-corrected chi connectivity index (χ2v) is 17.7. The number of carbonyl (C=O) groups excluding carboxylic acids is 2. The first-order valence-electron chi connectivity index (χ1n) is 21.6. The lowest BCUT2D eigenvalue weighted by Crippen LogP contribution is -3.00. The largest absolute Gasteiger partial charge is 1.00 e. The van der Waals surface area contributed by atoms with E-state index in [1.54, 1.807) is 72.8 Å². The fourth-order valence-electron chi connectivity index (χ4n) is 11.0. The Bertz CT molecular complexity index is 1980. The number of ether oxygens (including phenoxy) is 4. The van der Waals surface area contributed by atoms with Crippen LogP contribution in [0.1, 0.15) is 60.8 Å². The lowest BCUT2D eigenvalue weighted by molar-refractivity contribution is -0.946. The fourth-order valence-corrected chi connectivity index (χ4v) is 11.0. The van der Waals surface area contributed by atoms with Gasteiger partial charge in [-0.05, 0) is 24.3 Å². The van der Waals surface area contributed by atoms with Crippen molar-refractivity contribution in [3.8, 4) is 23.0 Å². The van der Waals surface area contributed by atoms with Crippen LogP contribution >= 0.6 is 0 Å². The third-order valence-electron chi connectivity index (χ3n) is 14.3. The maximum absolute atomic E-state index is 13.5. The number of halogens is 2. The zero-order valence-electron chi connectivity index (χ0n) is 34.7. The van der Waals surface area contributed by atoms with Gasteiger partial charge < -0.3 is 82.3 Å². The molecule has 4 aromatic carbocycles. The number of esters is 2. The summed E-state index contributed by atoms with van der Waals surface area (Å²) >= 11 is 0. The molecule has 2 atom stereocenters. The molecule has 0 unspecified atom stereocenters. The van der Waals surface area contributed by atoms with Crippen molar-refractivity contribution in [1.82, 2.24) is 0 Å². The minimum absolute atomic E-state index is 0. The molecule has 8 heterocycles. The number of nitrogens with zero attached hydrogens (tertiary/aromatic N) is 2. The second kappa shape index (κ2) is 18.7. The van der Waals surface area contributed by atoms with Crippen LogP contribution in [0.15, 0.2) is 97.1 Å². The second-order valence-electron chi connectivity index (χ2n) is 17.7. The highest BCUT2D eigenvalue weighted by atomic mass is 79.9. The van der Waals surface area contributed by atoms with Crippen molar-refractivity contribution >= 4 is 11.9 Å². The smallest absolute Gasteiger partial charge is 0.348 e. The zero-order valence-corrected chi connectivity index (χ0v) is 37.9. The molecule has 12 nitrogen and oxygen atoms in total. The third-order valence-corrected chi connectivity index (χ3v) is 14.3. The van der Waals surface area contributed by atoms with Gasteiger partial charge in [0.15, 0.2) is 12.2 Å². The zero-order chi connectivity index (χ0) is 41.5. The molecular formula is C48H56Br2N2O10. The Labute approximate surface area is 383 Å². The van der Waals surface area contributed by atoms with Crippen LogP contribution in [0.3, 0.4) is 0 Å². The number of aliphatic hydroxyl groups excluding tert-OH is 2. The van der Waals surface area contributed by atoms with Gasteiger partial charge in [-0.3, -0.25) is 0 Å². The Kier molecular flexibility index (Phi) is 13.9. The van der Waals surface area contributed by atoms with Gasteiger partial charge in [0.1, 0.15) is 36.1 Å². The quantitative estimate of drug-likeness (QED) is 0.117. The van der Waals surface area contributed by atoms with E-state index < -0.39 is 23.1 Å². The molecule has 0 saturated carbocycles. The van der Waals surface area contributed by atoms with E-state index in [9.17, 15) is 30.0 Å². The molecule has 0 aliphatic carbocycles. The van der Waals surface area contributed by atoms with Crippen molar-refractivity contribution in [2.24, 2.45) is 11.8 Å². The lowest BCUT2D eigenvalue weighted by atomic mass is 9.81. The molecule has 62 heavy (non-hydrogen) atoms. The highest BCUT2D eigenvalue weighted by Gasteiger charge is 2.54.